The minimum absolute atomic E-state index is 0.0209. The van der Waals surface area contributed by atoms with Gasteiger partial charge >= 0.3 is 0 Å². The smallest absolute Gasteiger partial charge is 0.243 e. The van der Waals surface area contributed by atoms with Crippen LogP contribution in [0.4, 0.5) is 0 Å². The number of nitrogens with one attached hydrogen (secondary N) is 1. The van der Waals surface area contributed by atoms with Crippen LogP contribution in [0.25, 0.3) is 0 Å². The molecule has 0 aromatic rings. The van der Waals surface area contributed by atoms with E-state index in [0.717, 1.165) is 6.42 Å². The first-order valence-electron chi connectivity index (χ1n) is 7.05. The molecule has 1 rings (SSSR count). The number of carbonyl (C=O) groups excluding carboxylic acids is 2. The fraction of sp³-hybridized carbons (Fsp3) is 0.867. The Kier molecular flexibility index (Phi) is 4.33. The van der Waals surface area contributed by atoms with Crippen molar-refractivity contribution in [3.63, 3.8) is 0 Å². The van der Waals surface area contributed by atoms with Gasteiger partial charge in [0.1, 0.15) is 6.04 Å². The molecule has 1 N–H and O–H groups in total. The molecule has 19 heavy (non-hydrogen) atoms. The molecule has 0 saturated carbocycles. The van der Waals surface area contributed by atoms with Crippen LogP contribution in [0.2, 0.25) is 0 Å². The van der Waals surface area contributed by atoms with Gasteiger partial charge in [-0.2, -0.15) is 0 Å². The molecule has 1 unspecified atom stereocenters. The van der Waals surface area contributed by atoms with E-state index in [9.17, 15) is 9.59 Å². The number of hydrogen-bond acceptors (Lipinski definition) is 2. The summed E-state index contributed by atoms with van der Waals surface area (Å²) in [7, 11) is 0. The molecule has 2 amide bonds. The summed E-state index contributed by atoms with van der Waals surface area (Å²) in [5.41, 5.74) is -0.207. The van der Waals surface area contributed by atoms with Crippen molar-refractivity contribution < 1.29 is 9.59 Å². The van der Waals surface area contributed by atoms with Crippen LogP contribution >= 0.6 is 0 Å². The zero-order chi connectivity index (χ0) is 15.0. The van der Waals surface area contributed by atoms with E-state index >= 15 is 0 Å². The Bertz CT molecular complexity index is 367. The second-order valence-electron chi connectivity index (χ2n) is 7.72. The first-order chi connectivity index (χ1) is 8.46. The molecule has 1 saturated heterocycles. The lowest BCUT2D eigenvalue weighted by atomic mass is 9.79. The third-order valence-corrected chi connectivity index (χ3v) is 3.48. The number of hydrogen-bond donors (Lipinski definition) is 1. The van der Waals surface area contributed by atoms with E-state index in [-0.39, 0.29) is 41.3 Å². The summed E-state index contributed by atoms with van der Waals surface area (Å²) in [6.45, 7) is 14.7. The van der Waals surface area contributed by atoms with Crippen molar-refractivity contribution in [2.75, 3.05) is 6.54 Å². The van der Waals surface area contributed by atoms with Crippen molar-refractivity contribution in [1.29, 1.82) is 0 Å². The van der Waals surface area contributed by atoms with E-state index in [1.165, 1.54) is 0 Å². The molecule has 0 aromatic carbocycles. The van der Waals surface area contributed by atoms with Crippen molar-refractivity contribution in [3.05, 3.63) is 0 Å². The van der Waals surface area contributed by atoms with Gasteiger partial charge in [0.15, 0.2) is 0 Å². The molecule has 0 aliphatic carbocycles. The van der Waals surface area contributed by atoms with Crippen molar-refractivity contribution in [2.24, 2.45) is 11.3 Å². The molecule has 4 heteroatoms. The minimum Gasteiger partial charge on any atom is -0.345 e. The molecule has 0 aromatic heterocycles. The summed E-state index contributed by atoms with van der Waals surface area (Å²) in [4.78, 5) is 26.2. The molecular weight excluding hydrogens is 240 g/mol. The topological polar surface area (TPSA) is 49.4 Å². The Morgan fingerprint density at radius 2 is 1.74 bits per heavy atom. The average Bonchev–Trinajstić information content (AvgIpc) is 2.16. The molecule has 4 nitrogen and oxygen atoms in total. The molecule has 0 bridgehead atoms. The van der Waals surface area contributed by atoms with Gasteiger partial charge in [-0.05, 0) is 31.6 Å². The Hall–Kier alpha value is -1.06. The van der Waals surface area contributed by atoms with E-state index in [1.807, 2.05) is 18.7 Å². The molecule has 1 fully saturated rings. The molecule has 0 spiro atoms. The standard InChI is InChI=1S/C15H28N2O2/c1-10(2)12-13(19)16-8-11(18)17(12)15(6,7)9-14(3,4)5/h10,12H,8-9H2,1-7H3,(H,16,19). The lowest BCUT2D eigenvalue weighted by Gasteiger charge is -2.49. The zero-order valence-corrected chi connectivity index (χ0v) is 13.3. The second-order valence-corrected chi connectivity index (χ2v) is 7.72. The first kappa shape index (κ1) is 16.0. The summed E-state index contributed by atoms with van der Waals surface area (Å²) < 4.78 is 0. The van der Waals surface area contributed by atoms with Gasteiger partial charge in [-0.1, -0.05) is 34.6 Å². The van der Waals surface area contributed by atoms with Crippen molar-refractivity contribution >= 4 is 11.8 Å². The van der Waals surface area contributed by atoms with E-state index < -0.39 is 0 Å². The van der Waals surface area contributed by atoms with Gasteiger partial charge < -0.3 is 10.2 Å². The largest absolute Gasteiger partial charge is 0.345 e. The maximum atomic E-state index is 12.3. The third kappa shape index (κ3) is 3.71. The number of amides is 2. The van der Waals surface area contributed by atoms with E-state index in [0.29, 0.717) is 0 Å². The predicted octanol–water partition coefficient (Wildman–Crippen LogP) is 2.18. The van der Waals surface area contributed by atoms with Crippen molar-refractivity contribution in [2.45, 2.75) is 66.5 Å². The van der Waals surface area contributed by atoms with Crippen LogP contribution in [0.3, 0.4) is 0 Å². The fourth-order valence-corrected chi connectivity index (χ4v) is 3.32. The van der Waals surface area contributed by atoms with Crippen molar-refractivity contribution in [1.82, 2.24) is 10.2 Å². The number of piperazine rings is 1. The van der Waals surface area contributed by atoms with Gasteiger partial charge in [0.25, 0.3) is 0 Å². The van der Waals surface area contributed by atoms with E-state index in [2.05, 4.69) is 39.9 Å². The SMILES string of the molecule is CC(C)C1C(=O)NCC(=O)N1C(C)(C)CC(C)(C)C. The van der Waals surface area contributed by atoms with Crippen molar-refractivity contribution in [3.8, 4) is 0 Å². The van der Waals surface area contributed by atoms with Gasteiger partial charge in [0.2, 0.25) is 11.8 Å². The molecule has 110 valence electrons. The molecule has 1 aliphatic heterocycles. The summed E-state index contributed by atoms with van der Waals surface area (Å²) in [6, 6.07) is -0.362. The van der Waals surface area contributed by atoms with Gasteiger partial charge in [-0.3, -0.25) is 9.59 Å². The highest BCUT2D eigenvalue weighted by Gasteiger charge is 2.45. The average molecular weight is 268 g/mol. The zero-order valence-electron chi connectivity index (χ0n) is 13.3. The van der Waals surface area contributed by atoms with Crippen LogP contribution < -0.4 is 5.32 Å². The van der Waals surface area contributed by atoms with E-state index in [4.69, 9.17) is 0 Å². The van der Waals surface area contributed by atoms with Gasteiger partial charge in [0.05, 0.1) is 6.54 Å². The lowest BCUT2D eigenvalue weighted by Crippen LogP contribution is -2.66. The van der Waals surface area contributed by atoms with Crippen LogP contribution in [0, 0.1) is 11.3 Å². The summed E-state index contributed by atoms with van der Waals surface area (Å²) >= 11 is 0. The predicted molar refractivity (Wildman–Crippen MR) is 76.6 cm³/mol. The van der Waals surface area contributed by atoms with E-state index in [1.54, 1.807) is 0 Å². The summed E-state index contributed by atoms with van der Waals surface area (Å²) in [5.74, 6) is 0.104. The second kappa shape index (κ2) is 5.14. The van der Waals surface area contributed by atoms with Gasteiger partial charge in [-0.25, -0.2) is 0 Å². The fourth-order valence-electron chi connectivity index (χ4n) is 3.32. The quantitative estimate of drug-likeness (QED) is 0.853. The Labute approximate surface area is 116 Å². The van der Waals surface area contributed by atoms with Crippen LogP contribution in [0.1, 0.15) is 54.9 Å². The number of carbonyl (C=O) groups is 2. The normalized spacial score (nSPS) is 21.9. The van der Waals surface area contributed by atoms with Gasteiger partial charge in [0, 0.05) is 5.54 Å². The maximum absolute atomic E-state index is 12.3. The maximum Gasteiger partial charge on any atom is 0.243 e. The molecular formula is C15H28N2O2. The third-order valence-electron chi connectivity index (χ3n) is 3.48. The molecule has 0 radical (unpaired) electrons. The monoisotopic (exact) mass is 268 g/mol. The minimum atomic E-state index is -0.362. The number of rotatable bonds is 3. The molecule has 1 atom stereocenters. The summed E-state index contributed by atoms with van der Waals surface area (Å²) in [5, 5.41) is 2.70. The van der Waals surface area contributed by atoms with Crippen LogP contribution in [-0.4, -0.2) is 34.8 Å². The number of nitrogens with zero attached hydrogens (tertiary/aromatic N) is 1. The Morgan fingerprint density at radius 3 is 2.16 bits per heavy atom. The first-order valence-corrected chi connectivity index (χ1v) is 7.05. The Balaban J connectivity index is 3.10. The molecule has 1 aliphatic rings. The highest BCUT2D eigenvalue weighted by molar-refractivity contribution is 5.95. The van der Waals surface area contributed by atoms with Gasteiger partial charge in [-0.15, -0.1) is 0 Å². The molecule has 1 heterocycles. The highest BCUT2D eigenvalue weighted by Crippen LogP contribution is 2.34. The van der Waals surface area contributed by atoms with Crippen LogP contribution in [0.15, 0.2) is 0 Å². The Morgan fingerprint density at radius 1 is 1.21 bits per heavy atom. The highest BCUT2D eigenvalue weighted by atomic mass is 16.2. The van der Waals surface area contributed by atoms with Crippen LogP contribution in [0.5, 0.6) is 0 Å². The summed E-state index contributed by atoms with van der Waals surface area (Å²) in [6.07, 6.45) is 0.863. The lowest BCUT2D eigenvalue weighted by molar-refractivity contribution is -0.155. The van der Waals surface area contributed by atoms with Crippen LogP contribution in [-0.2, 0) is 9.59 Å².